The molecule has 1 aliphatic heterocycles. The van der Waals surface area contributed by atoms with E-state index in [1.807, 2.05) is 0 Å². The number of ether oxygens (including phenoxy) is 1. The van der Waals surface area contributed by atoms with Gasteiger partial charge in [-0.3, -0.25) is 0 Å². The third kappa shape index (κ3) is 2.37. The van der Waals surface area contributed by atoms with E-state index >= 15 is 0 Å². The average Bonchev–Trinajstić information content (AvgIpc) is 2.64. The molecule has 0 radical (unpaired) electrons. The van der Waals surface area contributed by atoms with Crippen LogP contribution in [0.4, 0.5) is 8.78 Å². The molecule has 0 aliphatic carbocycles. The predicted octanol–water partition coefficient (Wildman–Crippen LogP) is 0.814. The van der Waals surface area contributed by atoms with Crippen molar-refractivity contribution in [2.45, 2.75) is 18.7 Å². The Bertz CT molecular complexity index is 353. The summed E-state index contributed by atoms with van der Waals surface area (Å²) in [6.07, 6.45) is -0.616. The van der Waals surface area contributed by atoms with Crippen LogP contribution in [0.2, 0.25) is 0 Å². The Labute approximate surface area is 92.0 Å². The summed E-state index contributed by atoms with van der Waals surface area (Å²) < 4.78 is 31.5. The average molecular weight is 229 g/mol. The van der Waals surface area contributed by atoms with Crippen molar-refractivity contribution in [1.82, 2.24) is 5.32 Å². The van der Waals surface area contributed by atoms with E-state index in [-0.39, 0.29) is 24.8 Å². The summed E-state index contributed by atoms with van der Waals surface area (Å²) >= 11 is 0. The Morgan fingerprint density at radius 2 is 2.00 bits per heavy atom. The van der Waals surface area contributed by atoms with Gasteiger partial charge in [-0.25, -0.2) is 8.78 Å². The molecular weight excluding hydrogens is 216 g/mol. The maximum Gasteiger partial charge on any atom is 0.130 e. The molecule has 1 fully saturated rings. The molecular formula is C11H13F2NO2. The van der Waals surface area contributed by atoms with E-state index in [0.29, 0.717) is 6.61 Å². The summed E-state index contributed by atoms with van der Waals surface area (Å²) in [5, 5.41) is 12.3. The van der Waals surface area contributed by atoms with Crippen molar-refractivity contribution in [3.05, 3.63) is 35.4 Å². The van der Waals surface area contributed by atoms with Crippen LogP contribution in [0.25, 0.3) is 0 Å². The van der Waals surface area contributed by atoms with Crippen LogP contribution >= 0.6 is 0 Å². The van der Waals surface area contributed by atoms with Crippen LogP contribution in [0.3, 0.4) is 0 Å². The fraction of sp³-hybridized carbons (Fsp3) is 0.455. The summed E-state index contributed by atoms with van der Waals surface area (Å²) in [6, 6.07) is 3.48. The first-order chi connectivity index (χ1) is 7.68. The Morgan fingerprint density at radius 1 is 1.31 bits per heavy atom. The molecule has 0 spiro atoms. The predicted molar refractivity (Wildman–Crippen MR) is 53.8 cm³/mol. The molecule has 5 heteroatoms. The molecule has 0 saturated carbocycles. The molecule has 3 nitrogen and oxygen atoms in total. The number of nitrogens with one attached hydrogen (secondary N) is 1. The SMILES string of the molecule is OC1COCC1NCc1c(F)cccc1F. The minimum atomic E-state index is -0.616. The number of rotatable bonds is 3. The molecule has 1 aromatic rings. The number of benzene rings is 1. The van der Waals surface area contributed by atoms with E-state index in [0.717, 1.165) is 0 Å². The second-order valence-corrected chi connectivity index (χ2v) is 3.79. The van der Waals surface area contributed by atoms with Gasteiger partial charge in [0, 0.05) is 12.1 Å². The van der Waals surface area contributed by atoms with Crippen molar-refractivity contribution in [1.29, 1.82) is 0 Å². The van der Waals surface area contributed by atoms with Crippen LogP contribution < -0.4 is 5.32 Å². The molecule has 1 heterocycles. The third-order valence-electron chi connectivity index (χ3n) is 2.65. The van der Waals surface area contributed by atoms with Gasteiger partial charge in [-0.2, -0.15) is 0 Å². The second kappa shape index (κ2) is 4.86. The first kappa shape index (κ1) is 11.4. The van der Waals surface area contributed by atoms with Crippen LogP contribution in [-0.4, -0.2) is 30.5 Å². The van der Waals surface area contributed by atoms with E-state index in [4.69, 9.17) is 4.74 Å². The van der Waals surface area contributed by atoms with Crippen molar-refractivity contribution in [2.24, 2.45) is 0 Å². The van der Waals surface area contributed by atoms with Crippen LogP contribution in [0.5, 0.6) is 0 Å². The molecule has 1 aliphatic rings. The monoisotopic (exact) mass is 229 g/mol. The highest BCUT2D eigenvalue weighted by molar-refractivity contribution is 5.19. The Hall–Kier alpha value is -1.04. The number of aliphatic hydroxyl groups excluding tert-OH is 1. The molecule has 0 bridgehead atoms. The summed E-state index contributed by atoms with van der Waals surface area (Å²) in [4.78, 5) is 0. The van der Waals surface area contributed by atoms with E-state index in [9.17, 15) is 13.9 Å². The molecule has 0 aromatic heterocycles. The molecule has 88 valence electrons. The number of hydrogen-bond acceptors (Lipinski definition) is 3. The second-order valence-electron chi connectivity index (χ2n) is 3.79. The molecule has 16 heavy (non-hydrogen) atoms. The van der Waals surface area contributed by atoms with Gasteiger partial charge in [-0.15, -0.1) is 0 Å². The third-order valence-corrected chi connectivity index (χ3v) is 2.65. The van der Waals surface area contributed by atoms with Crippen LogP contribution in [0.1, 0.15) is 5.56 Å². The van der Waals surface area contributed by atoms with Crippen molar-refractivity contribution >= 4 is 0 Å². The fourth-order valence-electron chi connectivity index (χ4n) is 1.67. The van der Waals surface area contributed by atoms with Crippen molar-refractivity contribution in [3.8, 4) is 0 Å². The smallest absolute Gasteiger partial charge is 0.130 e. The highest BCUT2D eigenvalue weighted by Gasteiger charge is 2.25. The van der Waals surface area contributed by atoms with Gasteiger partial charge in [-0.05, 0) is 12.1 Å². The molecule has 2 unspecified atom stereocenters. The largest absolute Gasteiger partial charge is 0.389 e. The van der Waals surface area contributed by atoms with E-state index < -0.39 is 17.7 Å². The van der Waals surface area contributed by atoms with Gasteiger partial charge >= 0.3 is 0 Å². The Balaban J connectivity index is 1.99. The lowest BCUT2D eigenvalue weighted by Crippen LogP contribution is -2.38. The maximum atomic E-state index is 13.2. The maximum absolute atomic E-state index is 13.2. The highest BCUT2D eigenvalue weighted by atomic mass is 19.1. The first-order valence-corrected chi connectivity index (χ1v) is 5.10. The van der Waals surface area contributed by atoms with E-state index in [1.54, 1.807) is 0 Å². The van der Waals surface area contributed by atoms with Crippen LogP contribution in [-0.2, 0) is 11.3 Å². The lowest BCUT2D eigenvalue weighted by molar-refractivity contribution is 0.122. The van der Waals surface area contributed by atoms with Gasteiger partial charge in [0.1, 0.15) is 11.6 Å². The zero-order valence-electron chi connectivity index (χ0n) is 8.62. The van der Waals surface area contributed by atoms with Crippen LogP contribution in [0.15, 0.2) is 18.2 Å². The molecule has 2 rings (SSSR count). The minimum Gasteiger partial charge on any atom is -0.389 e. The van der Waals surface area contributed by atoms with Gasteiger partial charge < -0.3 is 15.2 Å². The van der Waals surface area contributed by atoms with Gasteiger partial charge in [0.15, 0.2) is 0 Å². The molecule has 2 atom stereocenters. The van der Waals surface area contributed by atoms with Crippen LogP contribution in [0, 0.1) is 11.6 Å². The normalized spacial score (nSPS) is 24.9. The minimum absolute atomic E-state index is 0.0124. The van der Waals surface area contributed by atoms with Crippen molar-refractivity contribution in [3.63, 3.8) is 0 Å². The molecule has 1 saturated heterocycles. The Morgan fingerprint density at radius 3 is 2.56 bits per heavy atom. The van der Waals surface area contributed by atoms with Gasteiger partial charge in [-0.1, -0.05) is 6.07 Å². The molecule has 0 amide bonds. The van der Waals surface area contributed by atoms with E-state index in [2.05, 4.69) is 5.32 Å². The topological polar surface area (TPSA) is 41.5 Å². The number of hydrogen-bond donors (Lipinski definition) is 2. The van der Waals surface area contributed by atoms with Gasteiger partial charge in [0.25, 0.3) is 0 Å². The number of aliphatic hydroxyl groups is 1. The zero-order valence-corrected chi connectivity index (χ0v) is 8.62. The quantitative estimate of drug-likeness (QED) is 0.806. The van der Waals surface area contributed by atoms with E-state index in [1.165, 1.54) is 18.2 Å². The lowest BCUT2D eigenvalue weighted by atomic mass is 10.1. The number of halogens is 2. The fourth-order valence-corrected chi connectivity index (χ4v) is 1.67. The standard InChI is InChI=1S/C11H13F2NO2/c12-8-2-1-3-9(13)7(8)4-14-10-5-16-6-11(10)15/h1-3,10-11,14-15H,4-6H2. The molecule has 1 aromatic carbocycles. The summed E-state index contributed by atoms with van der Waals surface area (Å²) in [7, 11) is 0. The summed E-state index contributed by atoms with van der Waals surface area (Å²) in [5.41, 5.74) is -0.0124. The first-order valence-electron chi connectivity index (χ1n) is 5.10. The summed E-state index contributed by atoms with van der Waals surface area (Å²) in [6.45, 7) is 0.665. The summed E-state index contributed by atoms with van der Waals surface area (Å²) in [5.74, 6) is -1.16. The molecule has 2 N–H and O–H groups in total. The van der Waals surface area contributed by atoms with Gasteiger partial charge in [0.05, 0.1) is 25.4 Å². The zero-order chi connectivity index (χ0) is 11.5. The van der Waals surface area contributed by atoms with Gasteiger partial charge in [0.2, 0.25) is 0 Å². The van der Waals surface area contributed by atoms with Crippen molar-refractivity contribution < 1.29 is 18.6 Å². The lowest BCUT2D eigenvalue weighted by Gasteiger charge is -2.15. The Kier molecular flexibility index (Phi) is 3.48. The van der Waals surface area contributed by atoms with Crippen molar-refractivity contribution in [2.75, 3.05) is 13.2 Å². The highest BCUT2D eigenvalue weighted by Crippen LogP contribution is 2.13.